The first-order valence-electron chi connectivity index (χ1n) is 6.14. The van der Waals surface area contributed by atoms with Crippen molar-refractivity contribution in [1.82, 2.24) is 9.97 Å². The van der Waals surface area contributed by atoms with Crippen molar-refractivity contribution in [2.75, 3.05) is 5.32 Å². The van der Waals surface area contributed by atoms with Gasteiger partial charge in [-0.1, -0.05) is 0 Å². The summed E-state index contributed by atoms with van der Waals surface area (Å²) in [5.41, 5.74) is 1.34. The molecule has 1 amide bonds. The van der Waals surface area contributed by atoms with E-state index < -0.39 is 11.7 Å². The molecule has 2 heterocycles. The maximum Gasteiger partial charge on any atom is 0.258 e. The molecule has 3 aromatic rings. The summed E-state index contributed by atoms with van der Waals surface area (Å²) in [6.07, 6.45) is 5.31. The molecule has 0 aliphatic carbocycles. The third-order valence-electron chi connectivity index (χ3n) is 2.88. The van der Waals surface area contributed by atoms with E-state index in [4.69, 9.17) is 4.42 Å². The highest BCUT2D eigenvalue weighted by Crippen LogP contribution is 2.21. The number of halogens is 1. The maximum atomic E-state index is 13.5. The van der Waals surface area contributed by atoms with Gasteiger partial charge >= 0.3 is 0 Å². The van der Waals surface area contributed by atoms with E-state index in [1.165, 1.54) is 18.7 Å². The molecule has 1 N–H and O–H groups in total. The van der Waals surface area contributed by atoms with Crippen LogP contribution in [0.5, 0.6) is 0 Å². The van der Waals surface area contributed by atoms with Crippen LogP contribution in [0.2, 0.25) is 0 Å². The molecular formula is C15H10FN3O2. The average Bonchev–Trinajstić information content (AvgIpc) is 3.02. The van der Waals surface area contributed by atoms with E-state index in [2.05, 4.69) is 15.3 Å². The Kier molecular flexibility index (Phi) is 3.42. The van der Waals surface area contributed by atoms with Crippen LogP contribution in [-0.4, -0.2) is 15.9 Å². The Balaban J connectivity index is 1.77. The summed E-state index contributed by atoms with van der Waals surface area (Å²) in [5.74, 6) is -0.552. The molecule has 0 bridgehead atoms. The molecule has 5 nitrogen and oxygen atoms in total. The van der Waals surface area contributed by atoms with Gasteiger partial charge in [0.15, 0.2) is 18.0 Å². The smallest absolute Gasteiger partial charge is 0.258 e. The summed E-state index contributed by atoms with van der Waals surface area (Å²) in [4.78, 5) is 19.4. The minimum Gasteiger partial charge on any atom is -0.444 e. The Morgan fingerprint density at radius 3 is 2.57 bits per heavy atom. The first-order valence-corrected chi connectivity index (χ1v) is 6.14. The van der Waals surface area contributed by atoms with Crippen molar-refractivity contribution < 1.29 is 13.6 Å². The van der Waals surface area contributed by atoms with Crippen LogP contribution >= 0.6 is 0 Å². The topological polar surface area (TPSA) is 68.0 Å². The highest BCUT2D eigenvalue weighted by atomic mass is 19.1. The van der Waals surface area contributed by atoms with Crippen LogP contribution in [-0.2, 0) is 0 Å². The number of anilines is 1. The molecule has 104 valence electrons. The summed E-state index contributed by atoms with van der Waals surface area (Å²) in [6, 6.07) is 8.29. The summed E-state index contributed by atoms with van der Waals surface area (Å²) in [5, 5.41) is 2.62. The lowest BCUT2D eigenvalue weighted by molar-refractivity contribution is 0.102. The lowest BCUT2D eigenvalue weighted by Gasteiger charge is -2.06. The third kappa shape index (κ3) is 2.79. The fraction of sp³-hybridized carbons (Fsp3) is 0. The maximum absolute atomic E-state index is 13.5. The molecule has 0 saturated heterocycles. The van der Waals surface area contributed by atoms with E-state index in [-0.39, 0.29) is 5.56 Å². The van der Waals surface area contributed by atoms with E-state index in [1.807, 2.05) is 0 Å². The van der Waals surface area contributed by atoms with E-state index >= 15 is 0 Å². The quantitative estimate of drug-likeness (QED) is 0.801. The number of oxazole rings is 1. The molecule has 3 rings (SSSR count). The van der Waals surface area contributed by atoms with Gasteiger partial charge in [-0.3, -0.25) is 9.78 Å². The van der Waals surface area contributed by atoms with Crippen LogP contribution in [0.4, 0.5) is 10.1 Å². The molecule has 0 atom stereocenters. The molecule has 2 aromatic heterocycles. The Hall–Kier alpha value is -3.02. The molecule has 0 aliphatic heterocycles. The molecule has 21 heavy (non-hydrogen) atoms. The molecule has 6 heteroatoms. The SMILES string of the molecule is O=C(Nc1ccc(-c2cnco2)cc1)c1ccncc1F. The van der Waals surface area contributed by atoms with Gasteiger partial charge in [-0.2, -0.15) is 0 Å². The first-order chi connectivity index (χ1) is 10.2. The van der Waals surface area contributed by atoms with Crippen LogP contribution < -0.4 is 5.32 Å². The molecule has 0 fully saturated rings. The summed E-state index contributed by atoms with van der Waals surface area (Å²) in [6.45, 7) is 0. The van der Waals surface area contributed by atoms with E-state index in [0.717, 1.165) is 11.8 Å². The number of nitrogens with zero attached hydrogens (tertiary/aromatic N) is 2. The monoisotopic (exact) mass is 283 g/mol. The van der Waals surface area contributed by atoms with Gasteiger partial charge in [0, 0.05) is 17.4 Å². The van der Waals surface area contributed by atoms with Gasteiger partial charge in [0.1, 0.15) is 0 Å². The van der Waals surface area contributed by atoms with Crippen LogP contribution in [0.1, 0.15) is 10.4 Å². The lowest BCUT2D eigenvalue weighted by atomic mass is 10.1. The molecule has 1 aromatic carbocycles. The summed E-state index contributed by atoms with van der Waals surface area (Å²) < 4.78 is 18.6. The first kappa shape index (κ1) is 13.0. The molecular weight excluding hydrogens is 273 g/mol. The second-order valence-electron chi connectivity index (χ2n) is 4.25. The van der Waals surface area contributed by atoms with E-state index in [9.17, 15) is 9.18 Å². The second kappa shape index (κ2) is 5.54. The van der Waals surface area contributed by atoms with Crippen molar-refractivity contribution in [2.24, 2.45) is 0 Å². The minimum atomic E-state index is -0.659. The van der Waals surface area contributed by atoms with Gasteiger partial charge in [0.05, 0.1) is 18.0 Å². The Morgan fingerprint density at radius 2 is 1.90 bits per heavy atom. The van der Waals surface area contributed by atoms with E-state index in [1.54, 1.807) is 30.5 Å². The van der Waals surface area contributed by atoms with Gasteiger partial charge < -0.3 is 9.73 Å². The zero-order chi connectivity index (χ0) is 14.7. The molecule has 0 spiro atoms. The molecule has 0 unspecified atom stereocenters. The zero-order valence-corrected chi connectivity index (χ0v) is 10.8. The number of rotatable bonds is 3. The van der Waals surface area contributed by atoms with Crippen molar-refractivity contribution in [3.63, 3.8) is 0 Å². The number of hydrogen-bond donors (Lipinski definition) is 1. The Morgan fingerprint density at radius 1 is 1.10 bits per heavy atom. The van der Waals surface area contributed by atoms with Crippen LogP contribution in [0.25, 0.3) is 11.3 Å². The number of pyridine rings is 1. The van der Waals surface area contributed by atoms with Crippen LogP contribution in [0.3, 0.4) is 0 Å². The Bertz CT molecular complexity index is 755. The van der Waals surface area contributed by atoms with E-state index in [0.29, 0.717) is 11.4 Å². The predicted molar refractivity (Wildman–Crippen MR) is 74.1 cm³/mol. The molecule has 0 saturated carbocycles. The molecule has 0 aliphatic rings. The fourth-order valence-corrected chi connectivity index (χ4v) is 1.83. The van der Waals surface area contributed by atoms with Gasteiger partial charge in [0.2, 0.25) is 0 Å². The number of nitrogens with one attached hydrogen (secondary N) is 1. The van der Waals surface area contributed by atoms with Crippen molar-refractivity contribution in [2.45, 2.75) is 0 Å². The highest BCUT2D eigenvalue weighted by molar-refractivity contribution is 6.04. The molecule has 0 radical (unpaired) electrons. The van der Waals surface area contributed by atoms with Gasteiger partial charge in [-0.25, -0.2) is 9.37 Å². The largest absolute Gasteiger partial charge is 0.444 e. The van der Waals surface area contributed by atoms with Crippen LogP contribution in [0.15, 0.2) is 59.7 Å². The standard InChI is InChI=1S/C15H10FN3O2/c16-13-7-17-6-5-12(13)15(20)19-11-3-1-10(2-4-11)14-8-18-9-21-14/h1-9H,(H,19,20). The number of carbonyl (C=O) groups excluding carboxylic acids is 1. The Labute approximate surface area is 119 Å². The normalized spacial score (nSPS) is 10.3. The van der Waals surface area contributed by atoms with Crippen LogP contribution in [0, 0.1) is 5.82 Å². The summed E-state index contributed by atoms with van der Waals surface area (Å²) >= 11 is 0. The number of benzene rings is 1. The van der Waals surface area contributed by atoms with Gasteiger partial charge in [0.25, 0.3) is 5.91 Å². The van der Waals surface area contributed by atoms with Gasteiger partial charge in [-0.15, -0.1) is 0 Å². The summed E-state index contributed by atoms with van der Waals surface area (Å²) in [7, 11) is 0. The minimum absolute atomic E-state index is 0.0516. The van der Waals surface area contributed by atoms with Crippen molar-refractivity contribution in [3.8, 4) is 11.3 Å². The van der Waals surface area contributed by atoms with Crippen molar-refractivity contribution in [3.05, 3.63) is 66.7 Å². The van der Waals surface area contributed by atoms with Gasteiger partial charge in [-0.05, 0) is 30.3 Å². The number of carbonyl (C=O) groups is 1. The fourth-order valence-electron chi connectivity index (χ4n) is 1.83. The van der Waals surface area contributed by atoms with Crippen molar-refractivity contribution >= 4 is 11.6 Å². The highest BCUT2D eigenvalue weighted by Gasteiger charge is 2.11. The second-order valence-corrected chi connectivity index (χ2v) is 4.25. The third-order valence-corrected chi connectivity index (χ3v) is 2.88. The van der Waals surface area contributed by atoms with Crippen molar-refractivity contribution in [1.29, 1.82) is 0 Å². The average molecular weight is 283 g/mol. The number of amides is 1. The number of aromatic nitrogens is 2. The zero-order valence-electron chi connectivity index (χ0n) is 10.8. The predicted octanol–water partition coefficient (Wildman–Crippen LogP) is 3.13. The number of hydrogen-bond acceptors (Lipinski definition) is 4. The lowest BCUT2D eigenvalue weighted by Crippen LogP contribution is -2.13.